The lowest BCUT2D eigenvalue weighted by Gasteiger charge is -2.10. The molecule has 3 aromatic rings. The van der Waals surface area contributed by atoms with E-state index in [9.17, 15) is 0 Å². The summed E-state index contributed by atoms with van der Waals surface area (Å²) in [5.41, 5.74) is 9.26. The Morgan fingerprint density at radius 1 is 1.08 bits per heavy atom. The van der Waals surface area contributed by atoms with Crippen LogP contribution in [0.1, 0.15) is 12.6 Å². The average molecular weight is 349 g/mol. The zero-order valence-electron chi connectivity index (χ0n) is 15.1. The molecule has 134 valence electrons. The van der Waals surface area contributed by atoms with Crippen molar-refractivity contribution >= 4 is 5.57 Å². The van der Waals surface area contributed by atoms with Gasteiger partial charge in [-0.15, -0.1) is 0 Å². The third-order valence-corrected chi connectivity index (χ3v) is 3.99. The summed E-state index contributed by atoms with van der Waals surface area (Å²) >= 11 is 0. The van der Waals surface area contributed by atoms with E-state index < -0.39 is 0 Å². The second kappa shape index (κ2) is 7.89. The molecule has 0 radical (unpaired) electrons. The minimum atomic E-state index is 0.493. The normalized spacial score (nSPS) is 10.6. The number of allylic oxidation sites excluding steroid dienone is 1. The maximum atomic E-state index is 5.55. The first kappa shape index (κ1) is 17.8. The zero-order chi connectivity index (χ0) is 18.5. The number of methoxy groups -OCH3 is 1. The van der Waals surface area contributed by atoms with Gasteiger partial charge < -0.3 is 15.2 Å². The summed E-state index contributed by atoms with van der Waals surface area (Å²) in [7, 11) is 1.66. The lowest BCUT2D eigenvalue weighted by atomic mass is 10.2. The number of benzene rings is 2. The minimum absolute atomic E-state index is 0.493. The van der Waals surface area contributed by atoms with E-state index >= 15 is 0 Å². The fourth-order valence-electron chi connectivity index (χ4n) is 2.61. The van der Waals surface area contributed by atoms with Crippen molar-refractivity contribution in [1.29, 1.82) is 0 Å². The molecule has 3 rings (SSSR count). The monoisotopic (exact) mass is 349 g/mol. The third kappa shape index (κ3) is 3.78. The SMILES string of the molecule is C=C(C)c1cn(-c2ccc(OCCN)cc2)c(-c2ccc(OC)cc2)n1. The summed E-state index contributed by atoms with van der Waals surface area (Å²) in [6.45, 7) is 6.96. The van der Waals surface area contributed by atoms with Crippen LogP contribution in [0.25, 0.3) is 22.6 Å². The molecule has 0 saturated carbocycles. The van der Waals surface area contributed by atoms with E-state index in [-0.39, 0.29) is 0 Å². The first-order valence-electron chi connectivity index (χ1n) is 8.45. The molecule has 0 fully saturated rings. The van der Waals surface area contributed by atoms with Gasteiger partial charge in [-0.1, -0.05) is 6.58 Å². The molecule has 2 N–H and O–H groups in total. The first-order chi connectivity index (χ1) is 12.6. The van der Waals surface area contributed by atoms with Gasteiger partial charge >= 0.3 is 0 Å². The molecule has 5 heteroatoms. The molecule has 26 heavy (non-hydrogen) atoms. The molecule has 0 aliphatic rings. The van der Waals surface area contributed by atoms with Crippen molar-refractivity contribution < 1.29 is 9.47 Å². The Bertz CT molecular complexity index is 881. The van der Waals surface area contributed by atoms with E-state index in [2.05, 4.69) is 11.1 Å². The molecule has 0 bridgehead atoms. The van der Waals surface area contributed by atoms with Crippen molar-refractivity contribution in [1.82, 2.24) is 9.55 Å². The Hall–Kier alpha value is -3.05. The van der Waals surface area contributed by atoms with Crippen molar-refractivity contribution in [3.8, 4) is 28.6 Å². The van der Waals surface area contributed by atoms with Crippen LogP contribution in [0.5, 0.6) is 11.5 Å². The maximum absolute atomic E-state index is 5.55. The predicted octanol–water partition coefficient (Wildman–Crippen LogP) is 3.92. The highest BCUT2D eigenvalue weighted by atomic mass is 16.5. The van der Waals surface area contributed by atoms with Crippen LogP contribution in [-0.2, 0) is 0 Å². The highest BCUT2D eigenvalue weighted by Gasteiger charge is 2.12. The molecule has 0 spiro atoms. The molecule has 0 atom stereocenters. The number of hydrogen-bond acceptors (Lipinski definition) is 4. The Balaban J connectivity index is 2.00. The van der Waals surface area contributed by atoms with Crippen molar-refractivity contribution in [3.63, 3.8) is 0 Å². The highest BCUT2D eigenvalue weighted by Crippen LogP contribution is 2.27. The fraction of sp³-hybridized carbons (Fsp3) is 0.190. The number of rotatable bonds is 7. The van der Waals surface area contributed by atoms with Gasteiger partial charge in [0.25, 0.3) is 0 Å². The van der Waals surface area contributed by atoms with E-state index in [1.807, 2.05) is 61.7 Å². The number of aromatic nitrogens is 2. The van der Waals surface area contributed by atoms with E-state index in [0.29, 0.717) is 13.2 Å². The van der Waals surface area contributed by atoms with Crippen LogP contribution in [0.3, 0.4) is 0 Å². The van der Waals surface area contributed by atoms with E-state index in [1.165, 1.54) is 0 Å². The van der Waals surface area contributed by atoms with Gasteiger partial charge in [0, 0.05) is 24.0 Å². The summed E-state index contributed by atoms with van der Waals surface area (Å²) in [6, 6.07) is 15.7. The van der Waals surface area contributed by atoms with Crippen LogP contribution in [0.4, 0.5) is 0 Å². The summed E-state index contributed by atoms with van der Waals surface area (Å²) in [4.78, 5) is 4.76. The Kier molecular flexibility index (Phi) is 5.39. The van der Waals surface area contributed by atoms with Crippen LogP contribution in [0, 0.1) is 0 Å². The van der Waals surface area contributed by atoms with Crippen molar-refractivity contribution in [3.05, 3.63) is 67.0 Å². The molecule has 1 heterocycles. The van der Waals surface area contributed by atoms with Crippen LogP contribution >= 0.6 is 0 Å². The molecule has 0 unspecified atom stereocenters. The second-order valence-corrected chi connectivity index (χ2v) is 5.96. The second-order valence-electron chi connectivity index (χ2n) is 5.96. The standard InChI is InChI=1S/C21H23N3O2/c1-15(2)20-14-24(17-6-10-19(11-7-17)26-13-12-22)21(23-20)16-4-8-18(25-3)9-5-16/h4-11,14H,1,12-13,22H2,2-3H3. The topological polar surface area (TPSA) is 62.3 Å². The number of hydrogen-bond donors (Lipinski definition) is 1. The van der Waals surface area contributed by atoms with Crippen molar-refractivity contribution in [2.24, 2.45) is 5.73 Å². The molecule has 0 aliphatic carbocycles. The average Bonchev–Trinajstić information content (AvgIpc) is 3.12. The molecule has 2 aromatic carbocycles. The number of imidazole rings is 1. The molecule has 5 nitrogen and oxygen atoms in total. The lowest BCUT2D eigenvalue weighted by molar-refractivity contribution is 0.328. The van der Waals surface area contributed by atoms with Gasteiger partial charge in [-0.3, -0.25) is 4.57 Å². The number of nitrogens with two attached hydrogens (primary N) is 1. The largest absolute Gasteiger partial charge is 0.497 e. The minimum Gasteiger partial charge on any atom is -0.497 e. The van der Waals surface area contributed by atoms with Gasteiger partial charge in [0.05, 0.1) is 12.8 Å². The van der Waals surface area contributed by atoms with Gasteiger partial charge in [0.2, 0.25) is 0 Å². The number of nitrogens with zero attached hydrogens (tertiary/aromatic N) is 2. The predicted molar refractivity (Wildman–Crippen MR) is 105 cm³/mol. The highest BCUT2D eigenvalue weighted by molar-refractivity contribution is 5.66. The maximum Gasteiger partial charge on any atom is 0.145 e. The molecule has 0 aliphatic heterocycles. The first-order valence-corrected chi connectivity index (χ1v) is 8.45. The zero-order valence-corrected chi connectivity index (χ0v) is 15.1. The molecule has 0 saturated heterocycles. The van der Waals surface area contributed by atoms with Crippen LogP contribution in [0.15, 0.2) is 61.3 Å². The Labute approximate surface area is 153 Å². The fourth-order valence-corrected chi connectivity index (χ4v) is 2.61. The molecule has 1 aromatic heterocycles. The number of ether oxygens (including phenoxy) is 2. The van der Waals surface area contributed by atoms with E-state index in [1.54, 1.807) is 7.11 Å². The molecular formula is C21H23N3O2. The van der Waals surface area contributed by atoms with Crippen LogP contribution in [0.2, 0.25) is 0 Å². The third-order valence-electron chi connectivity index (χ3n) is 3.99. The Morgan fingerprint density at radius 2 is 1.73 bits per heavy atom. The smallest absolute Gasteiger partial charge is 0.145 e. The van der Waals surface area contributed by atoms with Gasteiger partial charge in [-0.05, 0) is 61.0 Å². The van der Waals surface area contributed by atoms with Crippen molar-refractivity contribution in [2.45, 2.75) is 6.92 Å². The molecule has 0 amide bonds. The lowest BCUT2D eigenvalue weighted by Crippen LogP contribution is -2.10. The summed E-state index contributed by atoms with van der Waals surface area (Å²) < 4.78 is 12.9. The van der Waals surface area contributed by atoms with Gasteiger partial charge in [-0.25, -0.2) is 4.98 Å². The van der Waals surface area contributed by atoms with E-state index in [4.69, 9.17) is 20.2 Å². The quantitative estimate of drug-likeness (QED) is 0.702. The van der Waals surface area contributed by atoms with Gasteiger partial charge in [-0.2, -0.15) is 0 Å². The van der Waals surface area contributed by atoms with E-state index in [0.717, 1.165) is 39.8 Å². The Morgan fingerprint density at radius 3 is 2.31 bits per heavy atom. The summed E-state index contributed by atoms with van der Waals surface area (Å²) in [6.07, 6.45) is 2.00. The van der Waals surface area contributed by atoms with Gasteiger partial charge in [0.15, 0.2) is 0 Å². The van der Waals surface area contributed by atoms with Crippen LogP contribution in [-0.4, -0.2) is 29.8 Å². The summed E-state index contributed by atoms with van der Waals surface area (Å²) in [5.74, 6) is 2.46. The van der Waals surface area contributed by atoms with Crippen LogP contribution < -0.4 is 15.2 Å². The molecular weight excluding hydrogens is 326 g/mol. The van der Waals surface area contributed by atoms with Gasteiger partial charge in [0.1, 0.15) is 23.9 Å². The van der Waals surface area contributed by atoms with Crippen molar-refractivity contribution in [2.75, 3.05) is 20.3 Å². The summed E-state index contributed by atoms with van der Waals surface area (Å²) in [5, 5.41) is 0.